The highest BCUT2D eigenvalue weighted by atomic mass is 32.2. The number of benzene rings is 2. The summed E-state index contributed by atoms with van der Waals surface area (Å²) in [5.41, 5.74) is 0.613. The molecule has 0 aliphatic carbocycles. The largest absolute Gasteiger partial charge is 0.373 e. The summed E-state index contributed by atoms with van der Waals surface area (Å²) in [6.45, 7) is 8.54. The van der Waals surface area contributed by atoms with Crippen LogP contribution in [0.3, 0.4) is 0 Å². The molecule has 0 bridgehead atoms. The molecule has 2 heterocycles. The van der Waals surface area contributed by atoms with E-state index in [9.17, 15) is 12.8 Å². The average molecular weight is 462 g/mol. The Kier molecular flexibility index (Phi) is 7.02. The summed E-state index contributed by atoms with van der Waals surface area (Å²) in [6.07, 6.45) is 2.38. The van der Waals surface area contributed by atoms with Gasteiger partial charge in [-0.15, -0.1) is 0 Å². The van der Waals surface area contributed by atoms with Crippen molar-refractivity contribution in [1.29, 1.82) is 0 Å². The van der Waals surface area contributed by atoms with Gasteiger partial charge in [0.15, 0.2) is 0 Å². The topological polar surface area (TPSA) is 61.9 Å². The zero-order chi connectivity index (χ0) is 22.7. The molecule has 0 radical (unpaired) electrons. The molecule has 2 aromatic carbocycles. The molecule has 2 unspecified atom stereocenters. The van der Waals surface area contributed by atoms with Crippen molar-refractivity contribution in [2.45, 2.75) is 43.8 Å². The third kappa shape index (κ3) is 5.42. The first-order valence-corrected chi connectivity index (χ1v) is 12.8. The lowest BCUT2D eigenvalue weighted by molar-refractivity contribution is -0.0720. The van der Waals surface area contributed by atoms with Crippen LogP contribution >= 0.6 is 0 Å². The standard InChI is InChI=1S/C24H32FN3O3S/c1-18-15-27(16-19(2)31-18)17-20-11-13-28(14-12-20)24-22(25)9-6-10-23(24)26-32(29,30)21-7-4-3-5-8-21/h3-10,18-20,26H,11-17H2,1-2H3. The number of piperidine rings is 1. The second-order valence-electron chi connectivity index (χ2n) is 8.96. The fourth-order valence-corrected chi connectivity index (χ4v) is 5.95. The number of rotatable bonds is 6. The fourth-order valence-electron chi connectivity index (χ4n) is 4.86. The Morgan fingerprint density at radius 2 is 1.66 bits per heavy atom. The van der Waals surface area contributed by atoms with Crippen molar-refractivity contribution < 1.29 is 17.5 Å². The number of sulfonamides is 1. The molecule has 2 aliphatic rings. The van der Waals surface area contributed by atoms with Crippen LogP contribution in [0, 0.1) is 11.7 Å². The van der Waals surface area contributed by atoms with Gasteiger partial charge in [-0.05, 0) is 56.9 Å². The Morgan fingerprint density at radius 1 is 1.00 bits per heavy atom. The smallest absolute Gasteiger partial charge is 0.261 e. The average Bonchev–Trinajstić information content (AvgIpc) is 2.74. The minimum atomic E-state index is -3.79. The van der Waals surface area contributed by atoms with Gasteiger partial charge in [-0.25, -0.2) is 12.8 Å². The summed E-state index contributed by atoms with van der Waals surface area (Å²) in [5, 5.41) is 0. The van der Waals surface area contributed by atoms with Crippen molar-refractivity contribution in [2.75, 3.05) is 42.3 Å². The lowest BCUT2D eigenvalue weighted by Gasteiger charge is -2.40. The van der Waals surface area contributed by atoms with Gasteiger partial charge in [0, 0.05) is 32.7 Å². The molecule has 2 aliphatic heterocycles. The van der Waals surface area contributed by atoms with E-state index in [-0.39, 0.29) is 22.8 Å². The number of nitrogens with one attached hydrogen (secondary N) is 1. The van der Waals surface area contributed by atoms with Gasteiger partial charge in [0.05, 0.1) is 28.5 Å². The second kappa shape index (κ2) is 9.77. The van der Waals surface area contributed by atoms with E-state index in [1.165, 1.54) is 24.3 Å². The number of halogens is 1. The third-order valence-corrected chi connectivity index (χ3v) is 7.61. The van der Waals surface area contributed by atoms with E-state index in [2.05, 4.69) is 23.5 Å². The van der Waals surface area contributed by atoms with Gasteiger partial charge in [0.1, 0.15) is 5.82 Å². The first kappa shape index (κ1) is 23.0. The minimum Gasteiger partial charge on any atom is -0.373 e. The lowest BCUT2D eigenvalue weighted by Crippen LogP contribution is -2.48. The van der Waals surface area contributed by atoms with E-state index in [1.807, 2.05) is 4.90 Å². The molecular weight excluding hydrogens is 429 g/mol. The number of para-hydroxylation sites is 1. The highest BCUT2D eigenvalue weighted by molar-refractivity contribution is 7.92. The van der Waals surface area contributed by atoms with E-state index in [4.69, 9.17) is 4.74 Å². The van der Waals surface area contributed by atoms with E-state index in [1.54, 1.807) is 24.3 Å². The maximum Gasteiger partial charge on any atom is 0.261 e. The Labute approximate surface area is 190 Å². The van der Waals surface area contributed by atoms with Gasteiger partial charge >= 0.3 is 0 Å². The van der Waals surface area contributed by atoms with Crippen LogP contribution in [0.4, 0.5) is 15.8 Å². The van der Waals surface area contributed by atoms with Crippen LogP contribution in [0.15, 0.2) is 53.4 Å². The third-order valence-electron chi connectivity index (χ3n) is 6.23. The maximum absolute atomic E-state index is 14.9. The van der Waals surface area contributed by atoms with Crippen molar-refractivity contribution in [2.24, 2.45) is 5.92 Å². The van der Waals surface area contributed by atoms with Crippen LogP contribution in [-0.2, 0) is 14.8 Å². The molecule has 32 heavy (non-hydrogen) atoms. The van der Waals surface area contributed by atoms with Crippen molar-refractivity contribution in [3.63, 3.8) is 0 Å². The summed E-state index contributed by atoms with van der Waals surface area (Å²) in [7, 11) is -3.79. The first-order valence-electron chi connectivity index (χ1n) is 11.3. The molecule has 174 valence electrons. The summed E-state index contributed by atoms with van der Waals surface area (Å²) >= 11 is 0. The van der Waals surface area contributed by atoms with Crippen LogP contribution in [0.5, 0.6) is 0 Å². The van der Waals surface area contributed by atoms with Crippen molar-refractivity contribution in [1.82, 2.24) is 4.90 Å². The number of hydrogen-bond donors (Lipinski definition) is 1. The van der Waals surface area contributed by atoms with Crippen molar-refractivity contribution >= 4 is 21.4 Å². The van der Waals surface area contributed by atoms with E-state index in [0.29, 0.717) is 24.7 Å². The van der Waals surface area contributed by atoms with E-state index in [0.717, 1.165) is 32.5 Å². The monoisotopic (exact) mass is 461 g/mol. The molecule has 0 spiro atoms. The van der Waals surface area contributed by atoms with Gasteiger partial charge in [0.2, 0.25) is 0 Å². The predicted molar refractivity (Wildman–Crippen MR) is 125 cm³/mol. The maximum atomic E-state index is 14.9. The molecule has 2 aromatic rings. The summed E-state index contributed by atoms with van der Waals surface area (Å²) in [6, 6.07) is 12.7. The molecule has 0 saturated carbocycles. The second-order valence-corrected chi connectivity index (χ2v) is 10.6. The van der Waals surface area contributed by atoms with Crippen molar-refractivity contribution in [3.8, 4) is 0 Å². The summed E-state index contributed by atoms with van der Waals surface area (Å²) < 4.78 is 48.9. The Morgan fingerprint density at radius 3 is 2.31 bits per heavy atom. The zero-order valence-electron chi connectivity index (χ0n) is 18.7. The normalized spacial score (nSPS) is 23.3. The van der Waals surface area contributed by atoms with Crippen LogP contribution in [0.25, 0.3) is 0 Å². The van der Waals surface area contributed by atoms with Crippen LogP contribution < -0.4 is 9.62 Å². The predicted octanol–water partition coefficient (Wildman–Crippen LogP) is 3.95. The van der Waals surface area contributed by atoms with E-state index < -0.39 is 15.8 Å². The number of anilines is 2. The summed E-state index contributed by atoms with van der Waals surface area (Å²) in [4.78, 5) is 4.60. The molecule has 6 nitrogen and oxygen atoms in total. The SMILES string of the molecule is CC1CN(CC2CCN(c3c(F)cccc3NS(=O)(=O)c3ccccc3)CC2)CC(C)O1. The van der Waals surface area contributed by atoms with E-state index >= 15 is 0 Å². The lowest BCUT2D eigenvalue weighted by atomic mass is 9.95. The molecule has 0 amide bonds. The van der Waals surface area contributed by atoms with Crippen LogP contribution in [0.1, 0.15) is 26.7 Å². The highest BCUT2D eigenvalue weighted by Gasteiger charge is 2.29. The summed E-state index contributed by atoms with van der Waals surface area (Å²) in [5.74, 6) is 0.132. The molecule has 2 atom stereocenters. The number of nitrogens with zero attached hydrogens (tertiary/aromatic N) is 2. The zero-order valence-corrected chi connectivity index (χ0v) is 19.5. The fraction of sp³-hybridized carbons (Fsp3) is 0.500. The van der Waals surface area contributed by atoms with Gasteiger partial charge in [0.25, 0.3) is 10.0 Å². The molecule has 0 aromatic heterocycles. The van der Waals surface area contributed by atoms with Gasteiger partial charge in [-0.1, -0.05) is 24.3 Å². The number of ether oxygens (including phenoxy) is 1. The molecule has 2 saturated heterocycles. The van der Waals surface area contributed by atoms with Gasteiger partial charge in [-0.2, -0.15) is 0 Å². The minimum absolute atomic E-state index is 0.155. The molecular formula is C24H32FN3O3S. The number of morpholine rings is 1. The quantitative estimate of drug-likeness (QED) is 0.706. The molecule has 2 fully saturated rings. The van der Waals surface area contributed by atoms with Crippen molar-refractivity contribution in [3.05, 3.63) is 54.3 Å². The van der Waals surface area contributed by atoms with Crippen LogP contribution in [-0.4, -0.2) is 58.2 Å². The Hall–Kier alpha value is -2.16. The Balaban J connectivity index is 1.44. The van der Waals surface area contributed by atoms with Gasteiger partial charge in [-0.3, -0.25) is 9.62 Å². The molecule has 1 N–H and O–H groups in total. The van der Waals surface area contributed by atoms with Gasteiger partial charge < -0.3 is 9.64 Å². The Bertz CT molecular complexity index is 1000. The molecule has 8 heteroatoms. The first-order chi connectivity index (χ1) is 15.3. The van der Waals surface area contributed by atoms with Crippen LogP contribution in [0.2, 0.25) is 0 Å². The highest BCUT2D eigenvalue weighted by Crippen LogP contribution is 2.34. The molecule has 4 rings (SSSR count). The number of hydrogen-bond acceptors (Lipinski definition) is 5.